The van der Waals surface area contributed by atoms with Gasteiger partial charge in [0.2, 0.25) is 0 Å². The molecule has 2 amide bonds. The second kappa shape index (κ2) is 8.70. The van der Waals surface area contributed by atoms with Crippen LogP contribution in [0.15, 0.2) is 18.3 Å². The maximum absolute atomic E-state index is 11.8. The third kappa shape index (κ3) is 7.97. The van der Waals surface area contributed by atoms with Crippen LogP contribution in [0.2, 0.25) is 0 Å². The van der Waals surface area contributed by atoms with Crippen molar-refractivity contribution in [3.05, 3.63) is 23.9 Å². The molecule has 9 nitrogen and oxygen atoms in total. The highest BCUT2D eigenvalue weighted by Crippen LogP contribution is 2.07. The Morgan fingerprint density at radius 1 is 1.25 bits per heavy atom. The predicted molar refractivity (Wildman–Crippen MR) is 86.4 cm³/mol. The van der Waals surface area contributed by atoms with Crippen LogP contribution >= 0.6 is 0 Å². The zero-order valence-electron chi connectivity index (χ0n) is 13.9. The topological polar surface area (TPSA) is 130 Å². The molecule has 0 atom stereocenters. The van der Waals surface area contributed by atoms with Gasteiger partial charge in [-0.3, -0.25) is 15.0 Å². The van der Waals surface area contributed by atoms with E-state index in [1.165, 1.54) is 18.3 Å². The van der Waals surface area contributed by atoms with E-state index in [1.54, 1.807) is 20.8 Å². The molecule has 0 aromatic carbocycles. The van der Waals surface area contributed by atoms with Gasteiger partial charge in [-0.15, -0.1) is 0 Å². The van der Waals surface area contributed by atoms with Crippen LogP contribution in [0.25, 0.3) is 0 Å². The highest BCUT2D eigenvalue weighted by molar-refractivity contribution is 5.94. The Morgan fingerprint density at radius 2 is 1.96 bits per heavy atom. The van der Waals surface area contributed by atoms with E-state index in [4.69, 9.17) is 9.84 Å². The van der Waals surface area contributed by atoms with Crippen LogP contribution in [0.4, 0.5) is 10.6 Å². The number of nitrogens with one attached hydrogen (secondary N) is 3. The monoisotopic (exact) mass is 338 g/mol. The highest BCUT2D eigenvalue weighted by Gasteiger charge is 2.15. The van der Waals surface area contributed by atoms with Crippen molar-refractivity contribution in [2.24, 2.45) is 0 Å². The molecule has 0 saturated carbocycles. The van der Waals surface area contributed by atoms with Gasteiger partial charge in [0.1, 0.15) is 11.4 Å². The first-order valence-corrected chi connectivity index (χ1v) is 7.38. The minimum atomic E-state index is -0.904. The number of pyridine rings is 1. The summed E-state index contributed by atoms with van der Waals surface area (Å²) < 4.78 is 5.05. The van der Waals surface area contributed by atoms with Crippen molar-refractivity contribution in [2.45, 2.75) is 39.2 Å². The number of carbonyl (C=O) groups is 3. The van der Waals surface area contributed by atoms with Crippen molar-refractivity contribution < 1.29 is 24.2 Å². The summed E-state index contributed by atoms with van der Waals surface area (Å²) in [5.41, 5.74) is 4.61. The van der Waals surface area contributed by atoms with Gasteiger partial charge in [-0.2, -0.15) is 0 Å². The fourth-order valence-electron chi connectivity index (χ4n) is 1.56. The van der Waals surface area contributed by atoms with Gasteiger partial charge < -0.3 is 15.2 Å². The molecule has 1 aromatic heterocycles. The highest BCUT2D eigenvalue weighted by atomic mass is 16.6. The molecule has 4 N–H and O–H groups in total. The average molecular weight is 338 g/mol. The first kappa shape index (κ1) is 19.2. The number of ether oxygens (including phenoxy) is 1. The molecule has 9 heteroatoms. The molecular formula is C15H22N4O5. The molecular weight excluding hydrogens is 316 g/mol. The second-order valence-corrected chi connectivity index (χ2v) is 5.94. The Labute approximate surface area is 139 Å². The molecule has 0 fully saturated rings. The molecule has 1 rings (SSSR count). The van der Waals surface area contributed by atoms with E-state index < -0.39 is 17.7 Å². The maximum atomic E-state index is 11.8. The summed E-state index contributed by atoms with van der Waals surface area (Å²) in [5, 5.41) is 11.1. The molecule has 1 aromatic rings. The molecule has 1 heterocycles. The normalized spacial score (nSPS) is 10.6. The average Bonchev–Trinajstić information content (AvgIpc) is 2.48. The van der Waals surface area contributed by atoms with Gasteiger partial charge in [-0.1, -0.05) is 0 Å². The molecule has 0 bridgehead atoms. The summed E-state index contributed by atoms with van der Waals surface area (Å²) in [7, 11) is 0. The number of nitrogens with zero attached hydrogens (tertiary/aromatic N) is 1. The number of anilines is 1. The third-order valence-corrected chi connectivity index (χ3v) is 2.57. The number of aliphatic carboxylic acids is 1. The van der Waals surface area contributed by atoms with Crippen molar-refractivity contribution in [3.63, 3.8) is 0 Å². The van der Waals surface area contributed by atoms with Crippen LogP contribution in [0, 0.1) is 0 Å². The van der Waals surface area contributed by atoms with Crippen LogP contribution in [-0.2, 0) is 9.53 Å². The van der Waals surface area contributed by atoms with Gasteiger partial charge in [-0.05, 0) is 39.3 Å². The van der Waals surface area contributed by atoms with Crippen LogP contribution in [-0.4, -0.2) is 40.2 Å². The van der Waals surface area contributed by atoms with E-state index in [0.29, 0.717) is 17.8 Å². The molecule has 0 aliphatic rings. The first-order valence-electron chi connectivity index (χ1n) is 7.38. The molecule has 132 valence electrons. The van der Waals surface area contributed by atoms with Gasteiger partial charge in [-0.25, -0.2) is 15.2 Å². The van der Waals surface area contributed by atoms with Crippen molar-refractivity contribution in [3.8, 4) is 0 Å². The lowest BCUT2D eigenvalue weighted by Gasteiger charge is -2.19. The van der Waals surface area contributed by atoms with E-state index in [-0.39, 0.29) is 18.9 Å². The van der Waals surface area contributed by atoms with Gasteiger partial charge in [0.15, 0.2) is 0 Å². The van der Waals surface area contributed by atoms with Crippen molar-refractivity contribution in [1.29, 1.82) is 0 Å². The van der Waals surface area contributed by atoms with Gasteiger partial charge in [0.05, 0.1) is 5.56 Å². The SMILES string of the molecule is CC(C)(C)OC(=O)NNc1ccc(C(=O)NCCCC(=O)O)cn1. The molecule has 24 heavy (non-hydrogen) atoms. The van der Waals surface area contributed by atoms with Crippen LogP contribution < -0.4 is 16.2 Å². The fourth-order valence-corrected chi connectivity index (χ4v) is 1.56. The van der Waals surface area contributed by atoms with Crippen molar-refractivity contribution in [1.82, 2.24) is 15.7 Å². The Balaban J connectivity index is 2.41. The van der Waals surface area contributed by atoms with Crippen LogP contribution in [0.5, 0.6) is 0 Å². The number of hydrogen-bond acceptors (Lipinski definition) is 6. The lowest BCUT2D eigenvalue weighted by atomic mass is 10.2. The minimum Gasteiger partial charge on any atom is -0.481 e. The van der Waals surface area contributed by atoms with Gasteiger partial charge in [0, 0.05) is 19.2 Å². The first-order chi connectivity index (χ1) is 11.2. The number of hydrogen-bond donors (Lipinski definition) is 4. The molecule has 0 aliphatic carbocycles. The zero-order valence-corrected chi connectivity index (χ0v) is 13.9. The van der Waals surface area contributed by atoms with E-state index >= 15 is 0 Å². The third-order valence-electron chi connectivity index (χ3n) is 2.57. The molecule has 0 aliphatic heterocycles. The zero-order chi connectivity index (χ0) is 18.2. The number of carbonyl (C=O) groups excluding carboxylic acids is 2. The Bertz CT molecular complexity index is 581. The number of carboxylic acids is 1. The van der Waals surface area contributed by atoms with Crippen molar-refractivity contribution >= 4 is 23.8 Å². The van der Waals surface area contributed by atoms with Gasteiger partial charge >= 0.3 is 12.1 Å². The van der Waals surface area contributed by atoms with Crippen LogP contribution in [0.1, 0.15) is 44.0 Å². The number of hydrazine groups is 1. The van der Waals surface area contributed by atoms with Gasteiger partial charge in [0.25, 0.3) is 5.91 Å². The number of carboxylic acid groups (broad SMARTS) is 1. The fraction of sp³-hybridized carbons (Fsp3) is 0.467. The second-order valence-electron chi connectivity index (χ2n) is 5.94. The smallest absolute Gasteiger partial charge is 0.426 e. The summed E-state index contributed by atoms with van der Waals surface area (Å²) in [6, 6.07) is 3.04. The lowest BCUT2D eigenvalue weighted by Crippen LogP contribution is -2.36. The summed E-state index contributed by atoms with van der Waals surface area (Å²) in [6.45, 7) is 5.50. The molecule has 0 saturated heterocycles. The van der Waals surface area contributed by atoms with E-state index in [0.717, 1.165) is 0 Å². The Morgan fingerprint density at radius 3 is 2.50 bits per heavy atom. The summed E-state index contributed by atoms with van der Waals surface area (Å²) >= 11 is 0. The lowest BCUT2D eigenvalue weighted by molar-refractivity contribution is -0.137. The Hall–Kier alpha value is -2.84. The molecule has 0 spiro atoms. The minimum absolute atomic E-state index is 0.00226. The molecule has 0 unspecified atom stereocenters. The Kier molecular flexibility index (Phi) is 6.97. The number of rotatable bonds is 7. The summed E-state index contributed by atoms with van der Waals surface area (Å²) in [5.74, 6) is -0.915. The maximum Gasteiger partial charge on any atom is 0.426 e. The number of amides is 2. The standard InChI is InChI=1S/C15H22N4O5/c1-15(2,3)24-14(23)19-18-11-7-6-10(9-17-11)13(22)16-8-4-5-12(20)21/h6-7,9H,4-5,8H2,1-3H3,(H,16,22)(H,17,18)(H,19,23)(H,20,21). The van der Waals surface area contributed by atoms with Crippen LogP contribution in [0.3, 0.4) is 0 Å². The largest absolute Gasteiger partial charge is 0.481 e. The summed E-state index contributed by atoms with van der Waals surface area (Å²) in [6.07, 6.45) is 1.04. The number of aromatic nitrogens is 1. The molecule has 0 radical (unpaired) electrons. The van der Waals surface area contributed by atoms with Crippen molar-refractivity contribution in [2.75, 3.05) is 12.0 Å². The van der Waals surface area contributed by atoms with E-state index in [9.17, 15) is 14.4 Å². The quantitative estimate of drug-likeness (QED) is 0.438. The predicted octanol–water partition coefficient (Wildman–Crippen LogP) is 1.53. The summed E-state index contributed by atoms with van der Waals surface area (Å²) in [4.78, 5) is 37.6. The van der Waals surface area contributed by atoms with E-state index in [1.807, 2.05) is 0 Å². The van der Waals surface area contributed by atoms with E-state index in [2.05, 4.69) is 21.2 Å².